The number of rotatable bonds is 9. The number of hydrogen-bond acceptors (Lipinski definition) is 5. The summed E-state index contributed by atoms with van der Waals surface area (Å²) in [5, 5.41) is 2.87. The van der Waals surface area contributed by atoms with E-state index in [0.717, 1.165) is 0 Å². The van der Waals surface area contributed by atoms with Gasteiger partial charge >= 0.3 is 5.97 Å². The molecule has 0 aliphatic heterocycles. The smallest absolute Gasteiger partial charge is 0.342 e. The number of halogens is 2. The molecule has 0 aliphatic carbocycles. The molecule has 3 aromatic carbocycles. The Morgan fingerprint density at radius 3 is 2.29 bits per heavy atom. The number of carbonyl (C=O) groups excluding carboxylic acids is 2. The van der Waals surface area contributed by atoms with Gasteiger partial charge in [-0.1, -0.05) is 48.0 Å². The van der Waals surface area contributed by atoms with Gasteiger partial charge in [-0.3, -0.25) is 4.79 Å². The second kappa shape index (κ2) is 11.0. The molecule has 0 radical (unpaired) electrons. The van der Waals surface area contributed by atoms with E-state index in [1.54, 1.807) is 42.5 Å². The predicted octanol–water partition coefficient (Wildman–Crippen LogP) is 4.73. The van der Waals surface area contributed by atoms with Gasteiger partial charge in [0.05, 0.1) is 10.7 Å². The average molecular weight is 444 g/mol. The lowest BCUT2D eigenvalue weighted by atomic mass is 10.2. The highest BCUT2D eigenvalue weighted by Crippen LogP contribution is 2.23. The molecule has 3 aromatic rings. The molecule has 8 heteroatoms. The first kappa shape index (κ1) is 22.1. The van der Waals surface area contributed by atoms with Gasteiger partial charge in [0.2, 0.25) is 0 Å². The number of para-hydroxylation sites is 3. The molecule has 0 heterocycles. The Kier molecular flexibility index (Phi) is 7.84. The molecule has 0 bridgehead atoms. The standard InChI is InChI=1S/C23H19ClFNO5/c24-17-8-2-6-12-21(17)29-13-14-30-23(28)16-7-1-5-11-20(16)31-15-22(27)26-19-10-4-3-9-18(19)25/h1-12H,13-15H2,(H,26,27). The zero-order chi connectivity index (χ0) is 22.1. The Bertz CT molecular complexity index is 1060. The first-order valence-electron chi connectivity index (χ1n) is 9.35. The van der Waals surface area contributed by atoms with Crippen LogP contribution in [0.15, 0.2) is 72.8 Å². The van der Waals surface area contributed by atoms with E-state index in [-0.39, 0.29) is 30.2 Å². The predicted molar refractivity (Wildman–Crippen MR) is 114 cm³/mol. The summed E-state index contributed by atoms with van der Waals surface area (Å²) in [6.07, 6.45) is 0. The van der Waals surface area contributed by atoms with E-state index in [1.165, 1.54) is 30.3 Å². The molecule has 6 nitrogen and oxygen atoms in total. The van der Waals surface area contributed by atoms with Gasteiger partial charge in [-0.2, -0.15) is 0 Å². The van der Waals surface area contributed by atoms with Crippen LogP contribution in [0.3, 0.4) is 0 Å². The van der Waals surface area contributed by atoms with Crippen LogP contribution in [0.25, 0.3) is 0 Å². The third kappa shape index (κ3) is 6.45. The zero-order valence-electron chi connectivity index (χ0n) is 16.3. The summed E-state index contributed by atoms with van der Waals surface area (Å²) in [5.74, 6) is -1.10. The minimum atomic E-state index is -0.632. The second-order valence-corrected chi connectivity index (χ2v) is 6.63. The van der Waals surface area contributed by atoms with Crippen LogP contribution in [-0.2, 0) is 9.53 Å². The van der Waals surface area contributed by atoms with Crippen molar-refractivity contribution >= 4 is 29.2 Å². The van der Waals surface area contributed by atoms with Gasteiger partial charge < -0.3 is 19.5 Å². The molecule has 0 aliphatic rings. The highest BCUT2D eigenvalue weighted by molar-refractivity contribution is 6.32. The van der Waals surface area contributed by atoms with Crippen molar-refractivity contribution in [3.8, 4) is 11.5 Å². The number of hydrogen-bond donors (Lipinski definition) is 1. The molecule has 0 saturated carbocycles. The van der Waals surface area contributed by atoms with E-state index in [1.807, 2.05) is 0 Å². The highest BCUT2D eigenvalue weighted by Gasteiger charge is 2.15. The molecular weight excluding hydrogens is 425 g/mol. The number of nitrogens with one attached hydrogen (secondary N) is 1. The summed E-state index contributed by atoms with van der Waals surface area (Å²) < 4.78 is 29.8. The van der Waals surface area contributed by atoms with Crippen LogP contribution in [0.4, 0.5) is 10.1 Å². The third-order valence-electron chi connectivity index (χ3n) is 4.02. The normalized spacial score (nSPS) is 10.3. The summed E-state index contributed by atoms with van der Waals surface area (Å²) in [6, 6.07) is 19.1. The summed E-state index contributed by atoms with van der Waals surface area (Å²) in [5.41, 5.74) is 0.196. The molecule has 3 rings (SSSR count). The molecule has 31 heavy (non-hydrogen) atoms. The fourth-order valence-electron chi connectivity index (χ4n) is 2.58. The number of anilines is 1. The Labute approximate surface area is 183 Å². The second-order valence-electron chi connectivity index (χ2n) is 6.23. The maximum absolute atomic E-state index is 13.6. The number of benzene rings is 3. The van der Waals surface area contributed by atoms with Crippen molar-refractivity contribution in [3.63, 3.8) is 0 Å². The summed E-state index contributed by atoms with van der Waals surface area (Å²) >= 11 is 6.00. The first-order valence-corrected chi connectivity index (χ1v) is 9.73. The van der Waals surface area contributed by atoms with Crippen LogP contribution in [0.2, 0.25) is 5.02 Å². The van der Waals surface area contributed by atoms with Gasteiger partial charge in [-0.15, -0.1) is 0 Å². The van der Waals surface area contributed by atoms with E-state index < -0.39 is 24.3 Å². The molecule has 0 aromatic heterocycles. The highest BCUT2D eigenvalue weighted by atomic mass is 35.5. The minimum Gasteiger partial charge on any atom is -0.488 e. The largest absolute Gasteiger partial charge is 0.488 e. The Balaban J connectivity index is 1.51. The molecule has 0 atom stereocenters. The topological polar surface area (TPSA) is 73.9 Å². The fraction of sp³-hybridized carbons (Fsp3) is 0.130. The molecule has 1 amide bonds. The maximum atomic E-state index is 13.6. The quantitative estimate of drug-likeness (QED) is 0.382. The number of ether oxygens (including phenoxy) is 3. The summed E-state index contributed by atoms with van der Waals surface area (Å²) in [7, 11) is 0. The van der Waals surface area contributed by atoms with Crippen LogP contribution in [0, 0.1) is 5.82 Å². The third-order valence-corrected chi connectivity index (χ3v) is 4.34. The van der Waals surface area contributed by atoms with Crippen molar-refractivity contribution in [2.24, 2.45) is 0 Å². The lowest BCUT2D eigenvalue weighted by Crippen LogP contribution is -2.21. The Morgan fingerprint density at radius 2 is 1.52 bits per heavy atom. The molecule has 160 valence electrons. The summed E-state index contributed by atoms with van der Waals surface area (Å²) in [4.78, 5) is 24.4. The van der Waals surface area contributed by atoms with Crippen LogP contribution < -0.4 is 14.8 Å². The van der Waals surface area contributed by atoms with Gasteiger partial charge in [-0.05, 0) is 36.4 Å². The lowest BCUT2D eigenvalue weighted by Gasteiger charge is -2.12. The van der Waals surface area contributed by atoms with Crippen molar-refractivity contribution in [1.29, 1.82) is 0 Å². The summed E-state index contributed by atoms with van der Waals surface area (Å²) in [6.45, 7) is -0.302. The Morgan fingerprint density at radius 1 is 0.839 bits per heavy atom. The van der Waals surface area contributed by atoms with Crippen molar-refractivity contribution in [3.05, 3.63) is 89.2 Å². The van der Waals surface area contributed by atoms with Crippen molar-refractivity contribution in [2.45, 2.75) is 0 Å². The van der Waals surface area contributed by atoms with Gasteiger partial charge in [-0.25, -0.2) is 9.18 Å². The number of carbonyl (C=O) groups is 2. The van der Waals surface area contributed by atoms with E-state index in [0.29, 0.717) is 10.8 Å². The molecule has 0 unspecified atom stereocenters. The van der Waals surface area contributed by atoms with Crippen LogP contribution in [-0.4, -0.2) is 31.7 Å². The molecule has 1 N–H and O–H groups in total. The van der Waals surface area contributed by atoms with Crippen molar-refractivity contribution < 1.29 is 28.2 Å². The van der Waals surface area contributed by atoms with Crippen molar-refractivity contribution in [2.75, 3.05) is 25.1 Å². The average Bonchev–Trinajstić information content (AvgIpc) is 2.78. The van der Waals surface area contributed by atoms with Crippen LogP contribution in [0.1, 0.15) is 10.4 Å². The molecule has 0 spiro atoms. The van der Waals surface area contributed by atoms with Gasteiger partial charge in [0, 0.05) is 0 Å². The van der Waals surface area contributed by atoms with Gasteiger partial charge in [0.25, 0.3) is 5.91 Å². The van der Waals surface area contributed by atoms with E-state index in [9.17, 15) is 14.0 Å². The number of esters is 1. The maximum Gasteiger partial charge on any atom is 0.342 e. The first-order chi connectivity index (χ1) is 15.0. The van der Waals surface area contributed by atoms with E-state index >= 15 is 0 Å². The van der Waals surface area contributed by atoms with Crippen molar-refractivity contribution in [1.82, 2.24) is 0 Å². The SMILES string of the molecule is O=C(COc1ccccc1C(=O)OCCOc1ccccc1Cl)Nc1ccccc1F. The van der Waals surface area contributed by atoms with Gasteiger partial charge in [0.15, 0.2) is 6.61 Å². The molecule has 0 fully saturated rings. The molecular formula is C23H19ClFNO5. The lowest BCUT2D eigenvalue weighted by molar-refractivity contribution is -0.118. The minimum absolute atomic E-state index is 0.00778. The monoisotopic (exact) mass is 443 g/mol. The molecule has 0 saturated heterocycles. The Hall–Kier alpha value is -3.58. The van der Waals surface area contributed by atoms with Gasteiger partial charge in [0.1, 0.15) is 36.1 Å². The van der Waals surface area contributed by atoms with Crippen LogP contribution >= 0.6 is 11.6 Å². The fourth-order valence-corrected chi connectivity index (χ4v) is 2.77. The zero-order valence-corrected chi connectivity index (χ0v) is 17.1. The van der Waals surface area contributed by atoms with Crippen LogP contribution in [0.5, 0.6) is 11.5 Å². The van der Waals surface area contributed by atoms with E-state index in [4.69, 9.17) is 25.8 Å². The number of amides is 1. The van der Waals surface area contributed by atoms with E-state index in [2.05, 4.69) is 5.32 Å².